The highest BCUT2D eigenvalue weighted by Crippen LogP contribution is 2.11. The zero-order valence-electron chi connectivity index (χ0n) is 8.29. The van der Waals surface area contributed by atoms with E-state index < -0.39 is 0 Å². The summed E-state index contributed by atoms with van der Waals surface area (Å²) >= 11 is 4.17. The second kappa shape index (κ2) is 4.76. The minimum absolute atomic E-state index is 0.203. The molecule has 1 aromatic heterocycles. The summed E-state index contributed by atoms with van der Waals surface area (Å²) in [6, 6.07) is 7.01. The topological polar surface area (TPSA) is 54.9 Å². The van der Waals surface area contributed by atoms with Crippen LogP contribution in [0.25, 0.3) is 0 Å². The van der Waals surface area contributed by atoms with Crippen LogP contribution >= 0.6 is 12.6 Å². The van der Waals surface area contributed by atoms with Crippen molar-refractivity contribution in [2.45, 2.75) is 4.90 Å². The van der Waals surface area contributed by atoms with Gasteiger partial charge in [0.25, 0.3) is 5.91 Å². The van der Waals surface area contributed by atoms with Gasteiger partial charge in [-0.2, -0.15) is 0 Å². The van der Waals surface area contributed by atoms with Crippen LogP contribution in [0.15, 0.2) is 47.9 Å². The molecule has 80 valence electrons. The Balaban J connectivity index is 2.15. The molecule has 2 aromatic rings. The van der Waals surface area contributed by atoms with Gasteiger partial charge in [0.2, 0.25) is 0 Å². The van der Waals surface area contributed by atoms with Crippen LogP contribution in [0.1, 0.15) is 10.4 Å². The maximum Gasteiger partial charge on any atom is 0.255 e. The highest BCUT2D eigenvalue weighted by molar-refractivity contribution is 7.80. The van der Waals surface area contributed by atoms with E-state index >= 15 is 0 Å². The number of aromatic nitrogens is 2. The number of carbonyl (C=O) groups is 1. The highest BCUT2D eigenvalue weighted by Gasteiger charge is 2.05. The van der Waals surface area contributed by atoms with E-state index in [4.69, 9.17) is 0 Å². The Labute approximate surface area is 98.2 Å². The van der Waals surface area contributed by atoms with Crippen molar-refractivity contribution in [3.05, 3.63) is 48.5 Å². The van der Waals surface area contributed by atoms with Crippen molar-refractivity contribution in [1.29, 1.82) is 0 Å². The molecule has 0 radical (unpaired) electrons. The van der Waals surface area contributed by atoms with Crippen LogP contribution in [0.2, 0.25) is 0 Å². The molecule has 2 rings (SSSR count). The molecule has 0 spiro atoms. The summed E-state index contributed by atoms with van der Waals surface area (Å²) in [4.78, 5) is 20.1. The normalized spacial score (nSPS) is 9.81. The lowest BCUT2D eigenvalue weighted by molar-refractivity contribution is 0.102. The average Bonchev–Trinajstić information content (AvgIpc) is 2.30. The molecule has 0 saturated heterocycles. The van der Waals surface area contributed by atoms with Gasteiger partial charge >= 0.3 is 0 Å². The second-order valence-electron chi connectivity index (χ2n) is 3.13. The van der Waals surface area contributed by atoms with Gasteiger partial charge in [-0.15, -0.1) is 12.6 Å². The van der Waals surface area contributed by atoms with E-state index in [2.05, 4.69) is 27.9 Å². The lowest BCUT2D eigenvalue weighted by Crippen LogP contribution is -2.12. The Bertz CT molecular complexity index is 502. The average molecular weight is 231 g/mol. The van der Waals surface area contributed by atoms with Crippen molar-refractivity contribution in [2.24, 2.45) is 0 Å². The number of benzene rings is 1. The molecule has 1 heterocycles. The number of rotatable bonds is 2. The van der Waals surface area contributed by atoms with E-state index in [0.29, 0.717) is 11.3 Å². The molecule has 0 fully saturated rings. The van der Waals surface area contributed by atoms with Gasteiger partial charge in [0.15, 0.2) is 0 Å². The third kappa shape index (κ3) is 2.58. The first-order chi connectivity index (χ1) is 7.75. The fourth-order valence-corrected chi connectivity index (χ4v) is 1.44. The standard InChI is InChI=1S/C11H9N3OS/c15-11(8-2-1-3-10(16)4-8)14-9-5-12-7-13-6-9/h1-7,16H,(H,14,15). The maximum atomic E-state index is 11.8. The Morgan fingerprint density at radius 3 is 2.69 bits per heavy atom. The molecule has 0 bridgehead atoms. The number of nitrogens with one attached hydrogen (secondary N) is 1. The molecule has 1 aromatic carbocycles. The molecule has 0 aliphatic carbocycles. The highest BCUT2D eigenvalue weighted by atomic mass is 32.1. The van der Waals surface area contributed by atoms with Gasteiger partial charge in [0, 0.05) is 10.5 Å². The second-order valence-corrected chi connectivity index (χ2v) is 3.65. The van der Waals surface area contributed by atoms with Gasteiger partial charge in [-0.05, 0) is 18.2 Å². The summed E-state index contributed by atoms with van der Waals surface area (Å²) in [5.74, 6) is -0.203. The Morgan fingerprint density at radius 2 is 2.00 bits per heavy atom. The van der Waals surface area contributed by atoms with Gasteiger partial charge < -0.3 is 5.32 Å². The third-order valence-electron chi connectivity index (χ3n) is 1.93. The molecule has 0 saturated carbocycles. The van der Waals surface area contributed by atoms with Gasteiger partial charge in [0.1, 0.15) is 6.33 Å². The van der Waals surface area contributed by atoms with Crippen molar-refractivity contribution in [3.8, 4) is 0 Å². The summed E-state index contributed by atoms with van der Waals surface area (Å²) in [5, 5.41) is 2.69. The molecule has 1 amide bonds. The third-order valence-corrected chi connectivity index (χ3v) is 2.20. The number of thiol groups is 1. The van der Waals surface area contributed by atoms with Crippen molar-refractivity contribution in [3.63, 3.8) is 0 Å². The molecule has 0 unspecified atom stereocenters. The van der Waals surface area contributed by atoms with E-state index in [0.717, 1.165) is 4.90 Å². The molecular formula is C11H9N3OS. The van der Waals surface area contributed by atoms with Gasteiger partial charge in [-0.3, -0.25) is 4.79 Å². The van der Waals surface area contributed by atoms with Crippen LogP contribution in [0.3, 0.4) is 0 Å². The van der Waals surface area contributed by atoms with Crippen LogP contribution in [-0.4, -0.2) is 15.9 Å². The molecule has 16 heavy (non-hydrogen) atoms. The van der Waals surface area contributed by atoms with Gasteiger partial charge in [0.05, 0.1) is 18.1 Å². The van der Waals surface area contributed by atoms with E-state index in [1.807, 2.05) is 6.07 Å². The smallest absolute Gasteiger partial charge is 0.255 e. The Hall–Kier alpha value is -1.88. The van der Waals surface area contributed by atoms with Crippen molar-refractivity contribution in [1.82, 2.24) is 9.97 Å². The summed E-state index contributed by atoms with van der Waals surface area (Å²) < 4.78 is 0. The maximum absolute atomic E-state index is 11.8. The van der Waals surface area contributed by atoms with Crippen LogP contribution in [0.4, 0.5) is 5.69 Å². The molecule has 1 N–H and O–H groups in total. The minimum Gasteiger partial charge on any atom is -0.319 e. The van der Waals surface area contributed by atoms with Crippen LogP contribution in [-0.2, 0) is 0 Å². The molecule has 0 atom stereocenters. The number of amides is 1. The number of hydrogen-bond donors (Lipinski definition) is 2. The number of nitrogens with zero attached hydrogens (tertiary/aromatic N) is 2. The SMILES string of the molecule is O=C(Nc1cncnc1)c1cccc(S)c1. The molecule has 0 aliphatic heterocycles. The minimum atomic E-state index is -0.203. The van der Waals surface area contributed by atoms with Crippen molar-refractivity contribution >= 4 is 24.2 Å². The van der Waals surface area contributed by atoms with E-state index in [1.165, 1.54) is 18.7 Å². The number of carbonyl (C=O) groups excluding carboxylic acids is 1. The van der Waals surface area contributed by atoms with E-state index in [1.54, 1.807) is 18.2 Å². The summed E-state index contributed by atoms with van der Waals surface area (Å²) in [6.07, 6.45) is 4.48. The largest absolute Gasteiger partial charge is 0.319 e. The summed E-state index contributed by atoms with van der Waals surface area (Å²) in [7, 11) is 0. The van der Waals surface area contributed by atoms with Gasteiger partial charge in [-0.25, -0.2) is 9.97 Å². The van der Waals surface area contributed by atoms with Gasteiger partial charge in [-0.1, -0.05) is 6.07 Å². The molecule has 0 aliphatic rings. The van der Waals surface area contributed by atoms with Crippen molar-refractivity contribution < 1.29 is 4.79 Å². The molecule has 4 nitrogen and oxygen atoms in total. The fraction of sp³-hybridized carbons (Fsp3) is 0. The lowest BCUT2D eigenvalue weighted by atomic mass is 10.2. The molecule has 5 heteroatoms. The zero-order chi connectivity index (χ0) is 11.4. The van der Waals surface area contributed by atoms with Crippen LogP contribution in [0.5, 0.6) is 0 Å². The summed E-state index contributed by atoms with van der Waals surface area (Å²) in [5.41, 5.74) is 1.12. The number of anilines is 1. The first-order valence-corrected chi connectivity index (χ1v) is 5.06. The monoisotopic (exact) mass is 231 g/mol. The Morgan fingerprint density at radius 1 is 1.25 bits per heavy atom. The van der Waals surface area contributed by atoms with Crippen molar-refractivity contribution in [2.75, 3.05) is 5.32 Å². The predicted molar refractivity (Wildman–Crippen MR) is 63.7 cm³/mol. The lowest BCUT2D eigenvalue weighted by Gasteiger charge is -2.04. The molecular weight excluding hydrogens is 222 g/mol. The zero-order valence-corrected chi connectivity index (χ0v) is 9.19. The first-order valence-electron chi connectivity index (χ1n) is 4.61. The first kappa shape index (κ1) is 10.6. The fourth-order valence-electron chi connectivity index (χ4n) is 1.21. The van der Waals surface area contributed by atoms with E-state index in [-0.39, 0.29) is 5.91 Å². The summed E-state index contributed by atoms with van der Waals surface area (Å²) in [6.45, 7) is 0. The van der Waals surface area contributed by atoms with Crippen LogP contribution < -0.4 is 5.32 Å². The van der Waals surface area contributed by atoms with Crippen LogP contribution in [0, 0.1) is 0 Å². The predicted octanol–water partition coefficient (Wildman–Crippen LogP) is 2.02. The number of hydrogen-bond acceptors (Lipinski definition) is 4. The Kier molecular flexibility index (Phi) is 3.16. The quantitative estimate of drug-likeness (QED) is 0.777. The van der Waals surface area contributed by atoms with E-state index in [9.17, 15) is 4.79 Å².